The Bertz CT molecular complexity index is 610. The summed E-state index contributed by atoms with van der Waals surface area (Å²) in [6.45, 7) is 21.7. The second-order valence-corrected chi connectivity index (χ2v) is 14.5. The Balaban J connectivity index is 2.80. The normalized spacial score (nSPS) is 15.6. The molecule has 0 bridgehead atoms. The molecule has 1 aromatic carbocycles. The van der Waals surface area contributed by atoms with Gasteiger partial charge in [0.2, 0.25) is 0 Å². The van der Waals surface area contributed by atoms with E-state index in [2.05, 4.69) is 79.8 Å². The molecule has 0 spiro atoms. The lowest BCUT2D eigenvalue weighted by molar-refractivity contribution is 0.0193. The fourth-order valence-electron chi connectivity index (χ4n) is 3.06. The zero-order valence-corrected chi connectivity index (χ0v) is 20.8. The quantitative estimate of drug-likeness (QED) is 0.314. The number of hydrogen-bond donors (Lipinski definition) is 0. The first-order chi connectivity index (χ1) is 12.9. The molecule has 0 heterocycles. The molecule has 0 fully saturated rings. The van der Waals surface area contributed by atoms with Crippen LogP contribution in [0.15, 0.2) is 35.9 Å². The standard InChI is InChI=1S/C24H42O3Si/c1-18(2)15-19(3)23(27-28(9,10)24(5,6)7)20(4)16-26-17-21-11-13-22(25-8)14-12-21/h11-15,19-20,23H,16-17H2,1-10H3/t19-,20-,23+/m1/s1. The Kier molecular flexibility index (Phi) is 9.45. The van der Waals surface area contributed by atoms with Crippen LogP contribution in [0.1, 0.15) is 54.0 Å². The number of benzene rings is 1. The molecule has 0 unspecified atom stereocenters. The van der Waals surface area contributed by atoms with Crippen LogP contribution in [0.3, 0.4) is 0 Å². The Morgan fingerprint density at radius 1 is 1.07 bits per heavy atom. The first kappa shape index (κ1) is 24.9. The van der Waals surface area contributed by atoms with Gasteiger partial charge in [0, 0.05) is 5.92 Å². The maximum atomic E-state index is 6.86. The first-order valence-corrected chi connectivity index (χ1v) is 13.3. The van der Waals surface area contributed by atoms with Crippen molar-refractivity contribution in [2.45, 2.75) is 79.3 Å². The lowest BCUT2D eigenvalue weighted by Gasteiger charge is -2.42. The van der Waals surface area contributed by atoms with Gasteiger partial charge in [-0.25, -0.2) is 0 Å². The predicted octanol–water partition coefficient (Wildman–Crippen LogP) is 6.84. The van der Waals surface area contributed by atoms with Gasteiger partial charge in [-0.05, 0) is 55.6 Å². The van der Waals surface area contributed by atoms with Gasteiger partial charge in [0.15, 0.2) is 8.32 Å². The number of rotatable bonds is 10. The minimum Gasteiger partial charge on any atom is -0.497 e. The molecule has 0 aliphatic heterocycles. The Hall–Kier alpha value is -1.10. The van der Waals surface area contributed by atoms with Gasteiger partial charge >= 0.3 is 0 Å². The van der Waals surface area contributed by atoms with Crippen molar-refractivity contribution in [1.29, 1.82) is 0 Å². The minimum absolute atomic E-state index is 0.159. The van der Waals surface area contributed by atoms with Gasteiger partial charge in [-0.1, -0.05) is 58.4 Å². The fraction of sp³-hybridized carbons (Fsp3) is 0.667. The molecule has 0 aromatic heterocycles. The predicted molar refractivity (Wildman–Crippen MR) is 122 cm³/mol. The van der Waals surface area contributed by atoms with Gasteiger partial charge in [-0.3, -0.25) is 0 Å². The van der Waals surface area contributed by atoms with Crippen LogP contribution in [-0.4, -0.2) is 28.1 Å². The van der Waals surface area contributed by atoms with E-state index in [1.54, 1.807) is 7.11 Å². The summed E-state index contributed by atoms with van der Waals surface area (Å²) >= 11 is 0. The molecule has 28 heavy (non-hydrogen) atoms. The van der Waals surface area contributed by atoms with Crippen molar-refractivity contribution in [3.63, 3.8) is 0 Å². The molecule has 0 amide bonds. The summed E-state index contributed by atoms with van der Waals surface area (Å²) in [5, 5.41) is 0.194. The highest BCUT2D eigenvalue weighted by atomic mass is 28.4. The van der Waals surface area contributed by atoms with Crippen LogP contribution in [0.4, 0.5) is 0 Å². The number of methoxy groups -OCH3 is 1. The third kappa shape index (κ3) is 7.73. The van der Waals surface area contributed by atoms with Crippen LogP contribution in [0.5, 0.6) is 5.75 Å². The van der Waals surface area contributed by atoms with Crippen molar-refractivity contribution in [3.05, 3.63) is 41.5 Å². The summed E-state index contributed by atoms with van der Waals surface area (Å²) in [5.41, 5.74) is 2.50. The van der Waals surface area contributed by atoms with Gasteiger partial charge in [-0.15, -0.1) is 0 Å². The van der Waals surface area contributed by atoms with Gasteiger partial charge in [0.05, 0.1) is 26.4 Å². The summed E-state index contributed by atoms with van der Waals surface area (Å²) in [6, 6.07) is 8.06. The average Bonchev–Trinajstić information content (AvgIpc) is 2.58. The SMILES string of the molecule is COc1ccc(COC[C@@H](C)[C@@H](O[Si](C)(C)C(C)(C)C)[C@H](C)C=C(C)C)cc1. The van der Waals surface area contributed by atoms with Gasteiger partial charge in [-0.2, -0.15) is 0 Å². The molecule has 0 saturated carbocycles. The monoisotopic (exact) mass is 406 g/mol. The summed E-state index contributed by atoms with van der Waals surface area (Å²) in [5.74, 6) is 1.55. The second-order valence-electron chi connectivity index (χ2n) is 9.79. The molecular formula is C24H42O3Si. The van der Waals surface area contributed by atoms with Gasteiger partial charge < -0.3 is 13.9 Å². The van der Waals surface area contributed by atoms with Crippen LogP contribution in [-0.2, 0) is 15.8 Å². The molecule has 1 rings (SSSR count). The summed E-state index contributed by atoms with van der Waals surface area (Å²) in [7, 11) is -0.173. The topological polar surface area (TPSA) is 27.7 Å². The smallest absolute Gasteiger partial charge is 0.192 e. The van der Waals surface area contributed by atoms with E-state index in [-0.39, 0.29) is 11.1 Å². The summed E-state index contributed by atoms with van der Waals surface area (Å²) in [6.07, 6.45) is 2.49. The second kappa shape index (κ2) is 10.6. The molecule has 4 heteroatoms. The molecule has 0 radical (unpaired) electrons. The van der Waals surface area contributed by atoms with Crippen LogP contribution < -0.4 is 4.74 Å². The van der Waals surface area contributed by atoms with Crippen LogP contribution in [0.25, 0.3) is 0 Å². The van der Waals surface area contributed by atoms with Crippen molar-refractivity contribution in [2.75, 3.05) is 13.7 Å². The molecule has 3 nitrogen and oxygen atoms in total. The first-order valence-electron chi connectivity index (χ1n) is 10.4. The third-order valence-corrected chi connectivity index (χ3v) is 10.2. The van der Waals surface area contributed by atoms with E-state index in [0.29, 0.717) is 25.0 Å². The highest BCUT2D eigenvalue weighted by molar-refractivity contribution is 6.74. The van der Waals surface area contributed by atoms with Crippen molar-refractivity contribution in [3.8, 4) is 5.75 Å². The third-order valence-electron chi connectivity index (χ3n) is 5.72. The molecule has 0 aliphatic carbocycles. The molecule has 0 aliphatic rings. The number of hydrogen-bond acceptors (Lipinski definition) is 3. The minimum atomic E-state index is -1.86. The Labute approximate surface area is 174 Å². The van der Waals surface area contributed by atoms with E-state index in [0.717, 1.165) is 11.3 Å². The molecular weight excluding hydrogens is 364 g/mol. The van der Waals surface area contributed by atoms with E-state index in [9.17, 15) is 0 Å². The molecule has 0 N–H and O–H groups in total. The van der Waals surface area contributed by atoms with Gasteiger partial charge in [0.25, 0.3) is 0 Å². The zero-order valence-electron chi connectivity index (χ0n) is 19.8. The number of allylic oxidation sites excluding steroid dienone is 1. The van der Waals surface area contributed by atoms with E-state index >= 15 is 0 Å². The lowest BCUT2D eigenvalue weighted by atomic mass is 9.92. The summed E-state index contributed by atoms with van der Waals surface area (Å²) in [4.78, 5) is 0. The van der Waals surface area contributed by atoms with E-state index in [1.807, 2.05) is 12.1 Å². The van der Waals surface area contributed by atoms with Crippen LogP contribution >= 0.6 is 0 Å². The average molecular weight is 407 g/mol. The van der Waals surface area contributed by atoms with Crippen molar-refractivity contribution < 1.29 is 13.9 Å². The molecule has 160 valence electrons. The molecule has 3 atom stereocenters. The maximum absolute atomic E-state index is 6.86. The van der Waals surface area contributed by atoms with E-state index in [4.69, 9.17) is 13.9 Å². The highest BCUT2D eigenvalue weighted by Crippen LogP contribution is 2.39. The Morgan fingerprint density at radius 3 is 2.11 bits per heavy atom. The van der Waals surface area contributed by atoms with Gasteiger partial charge in [0.1, 0.15) is 5.75 Å². The Morgan fingerprint density at radius 2 is 1.64 bits per heavy atom. The molecule has 0 saturated heterocycles. The molecule has 1 aromatic rings. The van der Waals surface area contributed by atoms with Crippen molar-refractivity contribution in [2.24, 2.45) is 11.8 Å². The van der Waals surface area contributed by atoms with Crippen molar-refractivity contribution >= 4 is 8.32 Å². The van der Waals surface area contributed by atoms with Crippen LogP contribution in [0.2, 0.25) is 18.1 Å². The maximum Gasteiger partial charge on any atom is 0.192 e. The zero-order chi connectivity index (χ0) is 21.5. The van der Waals surface area contributed by atoms with Crippen LogP contribution in [0, 0.1) is 11.8 Å². The summed E-state index contributed by atoms with van der Waals surface area (Å²) < 4.78 is 18.1. The lowest BCUT2D eigenvalue weighted by Crippen LogP contribution is -2.47. The van der Waals surface area contributed by atoms with Crippen molar-refractivity contribution in [1.82, 2.24) is 0 Å². The highest BCUT2D eigenvalue weighted by Gasteiger charge is 2.41. The fourth-order valence-corrected chi connectivity index (χ4v) is 4.54. The van der Waals surface area contributed by atoms with E-state index < -0.39 is 8.32 Å². The van der Waals surface area contributed by atoms with E-state index in [1.165, 1.54) is 5.57 Å². The largest absolute Gasteiger partial charge is 0.497 e. The number of ether oxygens (including phenoxy) is 2.